The lowest BCUT2D eigenvalue weighted by Gasteiger charge is -2.18. The molecule has 0 radical (unpaired) electrons. The van der Waals surface area contributed by atoms with Crippen molar-refractivity contribution in [2.45, 2.75) is 129 Å². The first kappa shape index (κ1) is 57.0. The Hall–Kier alpha value is -7.27. The van der Waals surface area contributed by atoms with Gasteiger partial charge in [-0.15, -0.1) is 0 Å². The number of benzene rings is 6. The predicted molar refractivity (Wildman–Crippen MR) is 318 cm³/mol. The van der Waals surface area contributed by atoms with Crippen LogP contribution in [0.25, 0.3) is 68.3 Å². The van der Waals surface area contributed by atoms with Gasteiger partial charge in [0.05, 0.1) is 22.6 Å². The molecule has 420 valence electrons. The minimum Gasteiger partial charge on any atom is -0.508 e. The van der Waals surface area contributed by atoms with Crippen LogP contribution in [0.15, 0.2) is 109 Å². The predicted octanol–water partition coefficient (Wildman–Crippen LogP) is 13.5. The Morgan fingerprint density at radius 1 is 0.395 bits per heavy atom. The van der Waals surface area contributed by atoms with E-state index in [2.05, 4.69) is 72.8 Å². The molecule has 0 fully saturated rings. The Balaban J connectivity index is 0.000000164. The van der Waals surface area contributed by atoms with Crippen LogP contribution in [0, 0.1) is 0 Å². The first-order valence-corrected chi connectivity index (χ1v) is 32.3. The van der Waals surface area contributed by atoms with E-state index in [4.69, 9.17) is 44.8 Å². The van der Waals surface area contributed by atoms with Crippen LogP contribution < -0.4 is 4.18 Å². The van der Waals surface area contributed by atoms with Crippen molar-refractivity contribution < 1.29 is 36.3 Å². The lowest BCUT2D eigenvalue weighted by molar-refractivity contribution is 0.451. The van der Waals surface area contributed by atoms with Crippen molar-refractivity contribution in [3.05, 3.63) is 154 Å². The smallest absolute Gasteiger partial charge is 0.309 e. The number of rotatable bonds is 12. The van der Waals surface area contributed by atoms with Crippen molar-refractivity contribution in [2.75, 3.05) is 11.5 Å². The average molecular weight is 1150 g/mol. The van der Waals surface area contributed by atoms with Crippen LogP contribution in [-0.4, -0.2) is 73.6 Å². The molecule has 0 saturated heterocycles. The van der Waals surface area contributed by atoms with Crippen LogP contribution in [0.2, 0.25) is 0 Å². The van der Waals surface area contributed by atoms with E-state index in [-0.39, 0.29) is 34.5 Å². The monoisotopic (exact) mass is 1150 g/mol. The number of aryl methyl sites for hydroxylation is 8. The second-order valence-corrected chi connectivity index (χ2v) is 25.9. The van der Waals surface area contributed by atoms with Gasteiger partial charge in [-0.1, -0.05) is 62.4 Å². The highest BCUT2D eigenvalue weighted by Gasteiger charge is 2.22. The quantitative estimate of drug-likeness (QED) is 0.0766. The van der Waals surface area contributed by atoms with Gasteiger partial charge in [-0.25, -0.2) is 38.3 Å². The first-order valence-electron chi connectivity index (χ1n) is 28.3. The highest BCUT2D eigenvalue weighted by Crippen LogP contribution is 2.37. The van der Waals surface area contributed by atoms with Crippen molar-refractivity contribution >= 4 is 29.9 Å². The fraction of sp³-hybridized carbons (Fsp3) is 0.344. The molecule has 0 unspecified atom stereocenters. The molecule has 3 N–H and O–H groups in total. The third-order valence-corrected chi connectivity index (χ3v) is 18.0. The number of aromatic hydroxyl groups is 3. The van der Waals surface area contributed by atoms with Crippen LogP contribution in [0.4, 0.5) is 0 Å². The SMILES string of the molecule is CCCS(=O)(=O)Cl.CCCS(=O)(=O)Oc1ccc(-c2nc(-c3ccc4c(c3)CCCC4)nc(-c3ccc4c(c3)CCCC4)n2)c(O)c1.Oc1ccc(-c2nc(-c3ccc4c(c3)CCCC4)nc(-c3ccc4c(c3)CCCC4)n2)c(O)c1. The second-order valence-electron chi connectivity index (χ2n) is 21.3. The summed E-state index contributed by atoms with van der Waals surface area (Å²) in [6.45, 7) is 3.53. The lowest BCUT2D eigenvalue weighted by Crippen LogP contribution is -2.13. The Labute approximate surface area is 479 Å². The van der Waals surface area contributed by atoms with E-state index < -0.39 is 19.2 Å². The van der Waals surface area contributed by atoms with E-state index in [1.54, 1.807) is 26.0 Å². The van der Waals surface area contributed by atoms with Crippen LogP contribution in [0.3, 0.4) is 0 Å². The molecule has 17 heteroatoms. The minimum atomic E-state index is -3.73. The van der Waals surface area contributed by atoms with Gasteiger partial charge in [0.25, 0.3) is 0 Å². The minimum absolute atomic E-state index is 0.000118. The molecule has 0 spiro atoms. The summed E-state index contributed by atoms with van der Waals surface area (Å²) in [6, 6.07) is 34.7. The zero-order valence-corrected chi connectivity index (χ0v) is 48.2. The van der Waals surface area contributed by atoms with Crippen LogP contribution in [-0.2, 0) is 70.5 Å². The maximum atomic E-state index is 12.1. The van der Waals surface area contributed by atoms with Gasteiger partial charge in [0.1, 0.15) is 23.0 Å². The van der Waals surface area contributed by atoms with E-state index >= 15 is 0 Å². The molecule has 4 aliphatic carbocycles. The molecular weight excluding hydrogens is 1080 g/mol. The van der Waals surface area contributed by atoms with Crippen molar-refractivity contribution in [2.24, 2.45) is 0 Å². The molecule has 0 amide bonds. The molecule has 12 rings (SSSR count). The van der Waals surface area contributed by atoms with Crippen LogP contribution >= 0.6 is 10.7 Å². The van der Waals surface area contributed by atoms with Gasteiger partial charge in [0, 0.05) is 45.1 Å². The van der Waals surface area contributed by atoms with Crippen molar-refractivity contribution in [3.8, 4) is 91.3 Å². The zero-order valence-electron chi connectivity index (χ0n) is 45.8. The molecule has 4 aliphatic rings. The molecule has 2 aromatic heterocycles. The highest BCUT2D eigenvalue weighted by atomic mass is 35.7. The highest BCUT2D eigenvalue weighted by molar-refractivity contribution is 8.13. The molecular formula is C64H67ClN6O8S2. The number of nitrogens with zero attached hydrogens (tertiary/aromatic N) is 6. The van der Waals surface area contributed by atoms with Crippen molar-refractivity contribution in [1.82, 2.24) is 29.9 Å². The summed E-state index contributed by atoms with van der Waals surface area (Å²) in [5.74, 6) is 2.79. The second kappa shape index (κ2) is 25.3. The Morgan fingerprint density at radius 2 is 0.716 bits per heavy atom. The summed E-state index contributed by atoms with van der Waals surface area (Å²) < 4.78 is 49.4. The van der Waals surface area contributed by atoms with Gasteiger partial charge in [-0.2, -0.15) is 8.42 Å². The summed E-state index contributed by atoms with van der Waals surface area (Å²) in [4.78, 5) is 28.9. The van der Waals surface area contributed by atoms with E-state index in [0.717, 1.165) is 73.6 Å². The molecule has 0 saturated carbocycles. The zero-order chi connectivity index (χ0) is 56.7. The van der Waals surface area contributed by atoms with Gasteiger partial charge in [-0.3, -0.25) is 0 Å². The topological polar surface area (TPSA) is 216 Å². The number of hydrogen-bond donors (Lipinski definition) is 3. The van der Waals surface area contributed by atoms with Crippen molar-refractivity contribution in [1.29, 1.82) is 0 Å². The van der Waals surface area contributed by atoms with E-state index in [0.29, 0.717) is 58.9 Å². The molecule has 8 aromatic rings. The molecule has 81 heavy (non-hydrogen) atoms. The summed E-state index contributed by atoms with van der Waals surface area (Å²) in [5.41, 5.74) is 15.6. The number of phenolic OH excluding ortho intramolecular Hbond substituents is 3. The fourth-order valence-electron chi connectivity index (χ4n) is 11.1. The van der Waals surface area contributed by atoms with Gasteiger partial charge >= 0.3 is 10.1 Å². The van der Waals surface area contributed by atoms with Gasteiger partial charge in [-0.05, 0) is 209 Å². The van der Waals surface area contributed by atoms with E-state index in [9.17, 15) is 32.2 Å². The number of halogens is 1. The number of aromatic nitrogens is 6. The largest absolute Gasteiger partial charge is 0.508 e. The van der Waals surface area contributed by atoms with Gasteiger partial charge in [0.15, 0.2) is 34.9 Å². The van der Waals surface area contributed by atoms with Gasteiger partial charge < -0.3 is 19.5 Å². The molecule has 0 aliphatic heterocycles. The molecule has 14 nitrogen and oxygen atoms in total. The molecule has 2 heterocycles. The third-order valence-electron chi connectivity index (χ3n) is 15.3. The summed E-state index contributed by atoms with van der Waals surface area (Å²) in [6.07, 6.45) is 19.4. The average Bonchev–Trinajstić information content (AvgIpc) is 3.47. The first-order chi connectivity index (χ1) is 39.1. The summed E-state index contributed by atoms with van der Waals surface area (Å²) in [7, 11) is -2.13. The van der Waals surface area contributed by atoms with Crippen LogP contribution in [0.5, 0.6) is 23.0 Å². The number of fused-ring (bicyclic) bond motifs is 4. The maximum Gasteiger partial charge on any atom is 0.309 e. The van der Waals surface area contributed by atoms with E-state index in [1.165, 1.54) is 120 Å². The number of hydrogen-bond acceptors (Lipinski definition) is 14. The normalized spacial score (nSPS) is 14.6. The lowest BCUT2D eigenvalue weighted by atomic mass is 9.90. The van der Waals surface area contributed by atoms with Crippen molar-refractivity contribution in [3.63, 3.8) is 0 Å². The molecule has 0 atom stereocenters. The Kier molecular flexibility index (Phi) is 17.8. The third kappa shape index (κ3) is 14.3. The summed E-state index contributed by atoms with van der Waals surface area (Å²) in [5, 5.41) is 31.2. The van der Waals surface area contributed by atoms with E-state index in [1.807, 2.05) is 0 Å². The maximum absolute atomic E-state index is 12.1. The fourth-order valence-corrected chi connectivity index (χ4v) is 13.1. The molecule has 6 aromatic carbocycles. The number of phenols is 3. The Bertz CT molecular complexity index is 3700. The standard InChI is InChI=1S/C32H33N3O4S.C29H27N3O2.C3H7ClO2S/c1-2-17-40(37,38)39-27-15-16-28(29(36)20-27)32-34-30(25-13-11-21-7-3-5-9-23(21)18-25)33-31(35-32)26-14-12-22-8-4-6-10-24(22)19-26;33-24-13-14-25(26(34)17-24)29-31-27(22-11-9-18-5-1-3-7-20(18)15-22)30-28(32-29)23-12-10-19-6-2-4-8-21(19)16-23;1-2-3-7(4,5)6/h11-16,18-20,36H,2-10,17H2,1H3;9-17,33-34H,1-8H2;2-3H2,1H3. The summed E-state index contributed by atoms with van der Waals surface area (Å²) >= 11 is 0. The Morgan fingerprint density at radius 3 is 1.02 bits per heavy atom. The van der Waals surface area contributed by atoms with Gasteiger partial charge in [0.2, 0.25) is 9.05 Å². The van der Waals surface area contributed by atoms with Crippen LogP contribution in [0.1, 0.15) is 123 Å². The molecule has 0 bridgehead atoms.